The predicted molar refractivity (Wildman–Crippen MR) is 120 cm³/mol. The van der Waals surface area contributed by atoms with Gasteiger partial charge in [0.05, 0.1) is 0 Å². The molecule has 7 nitrogen and oxygen atoms in total. The number of rotatable bonds is 5. The Labute approximate surface area is 181 Å². The first kappa shape index (κ1) is 19.6. The Morgan fingerprint density at radius 3 is 2.87 bits per heavy atom. The molecule has 1 atom stereocenters. The van der Waals surface area contributed by atoms with Gasteiger partial charge in [-0.2, -0.15) is 0 Å². The van der Waals surface area contributed by atoms with Crippen LogP contribution >= 0.6 is 0 Å². The molecular weight excluding hydrogens is 388 g/mol. The molecule has 1 saturated heterocycles. The van der Waals surface area contributed by atoms with E-state index in [2.05, 4.69) is 55.8 Å². The van der Waals surface area contributed by atoms with Crippen LogP contribution in [0.1, 0.15) is 34.5 Å². The minimum absolute atomic E-state index is 0.133. The largest absolute Gasteiger partial charge is 0.366 e. The van der Waals surface area contributed by atoms with E-state index >= 15 is 0 Å². The quantitative estimate of drug-likeness (QED) is 0.668. The van der Waals surface area contributed by atoms with Crippen molar-refractivity contribution >= 4 is 11.7 Å². The molecular formula is C24H26N6O. The third kappa shape index (κ3) is 4.41. The molecule has 0 aliphatic carbocycles. The lowest BCUT2D eigenvalue weighted by atomic mass is 10.0. The summed E-state index contributed by atoms with van der Waals surface area (Å²) >= 11 is 0. The summed E-state index contributed by atoms with van der Waals surface area (Å²) in [5, 5.41) is 6.56. The highest BCUT2D eigenvalue weighted by Crippen LogP contribution is 2.26. The second-order valence-electron chi connectivity index (χ2n) is 8.17. The zero-order chi connectivity index (χ0) is 21.0. The lowest BCUT2D eigenvalue weighted by Crippen LogP contribution is -2.42. The molecule has 2 aliphatic heterocycles. The summed E-state index contributed by atoms with van der Waals surface area (Å²) in [6.07, 6.45) is 6.40. The fourth-order valence-corrected chi connectivity index (χ4v) is 4.39. The van der Waals surface area contributed by atoms with Gasteiger partial charge in [0.1, 0.15) is 11.5 Å². The number of fused-ring (bicyclic) bond motifs is 1. The first-order valence-electron chi connectivity index (χ1n) is 10.9. The average molecular weight is 415 g/mol. The molecule has 1 aromatic carbocycles. The lowest BCUT2D eigenvalue weighted by Gasteiger charge is -2.34. The number of benzene rings is 1. The third-order valence-electron chi connectivity index (χ3n) is 5.90. The van der Waals surface area contributed by atoms with Crippen molar-refractivity contribution in [1.82, 2.24) is 25.2 Å². The molecule has 0 radical (unpaired) electrons. The van der Waals surface area contributed by atoms with E-state index in [1.54, 1.807) is 12.4 Å². The van der Waals surface area contributed by atoms with Crippen molar-refractivity contribution in [3.8, 4) is 11.4 Å². The first-order chi connectivity index (χ1) is 15.3. The van der Waals surface area contributed by atoms with Crippen molar-refractivity contribution < 1.29 is 4.79 Å². The van der Waals surface area contributed by atoms with Gasteiger partial charge in [-0.25, -0.2) is 9.97 Å². The standard InChI is InChI=1S/C24H26N6O/c31-24-21-20(10-12-26-24)23(29-22(28-21)18-8-4-11-25-14-18)27-19-9-5-13-30(16-19)15-17-6-2-1-3-7-17/h1-4,6-8,11,14,19H,5,9-10,12-13,15-16H2,(H,26,31)(H,27,28,29). The number of anilines is 1. The maximum atomic E-state index is 12.5. The van der Waals surface area contributed by atoms with Crippen LogP contribution in [0, 0.1) is 0 Å². The van der Waals surface area contributed by atoms with E-state index in [-0.39, 0.29) is 11.9 Å². The second-order valence-corrected chi connectivity index (χ2v) is 8.17. The van der Waals surface area contributed by atoms with Crippen LogP contribution in [0.3, 0.4) is 0 Å². The zero-order valence-corrected chi connectivity index (χ0v) is 17.4. The van der Waals surface area contributed by atoms with E-state index in [0.29, 0.717) is 18.1 Å². The van der Waals surface area contributed by atoms with Crippen LogP contribution in [0.5, 0.6) is 0 Å². The van der Waals surface area contributed by atoms with E-state index in [0.717, 1.165) is 55.8 Å². The number of carbonyl (C=O) groups excluding carboxylic acids is 1. The van der Waals surface area contributed by atoms with Gasteiger partial charge in [-0.15, -0.1) is 0 Å². The van der Waals surface area contributed by atoms with Gasteiger partial charge in [0.25, 0.3) is 5.91 Å². The molecule has 2 aromatic heterocycles. The number of amides is 1. The molecule has 1 amide bonds. The van der Waals surface area contributed by atoms with Gasteiger partial charge in [0.2, 0.25) is 0 Å². The number of nitrogens with zero attached hydrogens (tertiary/aromatic N) is 4. The van der Waals surface area contributed by atoms with E-state index in [1.165, 1.54) is 5.56 Å². The van der Waals surface area contributed by atoms with Gasteiger partial charge in [-0.05, 0) is 43.5 Å². The van der Waals surface area contributed by atoms with Gasteiger partial charge < -0.3 is 10.6 Å². The molecule has 3 aromatic rings. The van der Waals surface area contributed by atoms with Crippen molar-refractivity contribution in [3.05, 3.63) is 71.7 Å². The Morgan fingerprint density at radius 1 is 1.13 bits per heavy atom. The summed E-state index contributed by atoms with van der Waals surface area (Å²) in [5.74, 6) is 1.18. The Morgan fingerprint density at radius 2 is 2.03 bits per heavy atom. The number of pyridine rings is 1. The molecule has 31 heavy (non-hydrogen) atoms. The number of piperidine rings is 1. The van der Waals surface area contributed by atoms with Crippen molar-refractivity contribution in [3.63, 3.8) is 0 Å². The summed E-state index contributed by atoms with van der Waals surface area (Å²) in [5.41, 5.74) is 3.52. The first-order valence-corrected chi connectivity index (χ1v) is 10.9. The van der Waals surface area contributed by atoms with Gasteiger partial charge in [0, 0.05) is 49.2 Å². The van der Waals surface area contributed by atoms with Crippen LogP contribution in [0.25, 0.3) is 11.4 Å². The van der Waals surface area contributed by atoms with Crippen molar-refractivity contribution in [2.24, 2.45) is 0 Å². The van der Waals surface area contributed by atoms with E-state index in [9.17, 15) is 4.79 Å². The number of nitrogens with one attached hydrogen (secondary N) is 2. The molecule has 2 N–H and O–H groups in total. The Balaban J connectivity index is 1.40. The van der Waals surface area contributed by atoms with Crippen LogP contribution in [-0.4, -0.2) is 51.4 Å². The van der Waals surface area contributed by atoms with Gasteiger partial charge >= 0.3 is 0 Å². The maximum absolute atomic E-state index is 12.5. The summed E-state index contributed by atoms with van der Waals surface area (Å²) in [6, 6.07) is 14.6. The number of hydrogen-bond donors (Lipinski definition) is 2. The van der Waals surface area contributed by atoms with E-state index in [4.69, 9.17) is 4.98 Å². The fourth-order valence-electron chi connectivity index (χ4n) is 4.39. The van der Waals surface area contributed by atoms with E-state index < -0.39 is 0 Å². The monoisotopic (exact) mass is 414 g/mol. The SMILES string of the molecule is O=C1NCCc2c(NC3CCCN(Cc4ccccc4)C3)nc(-c3cccnc3)nc21. The van der Waals surface area contributed by atoms with Gasteiger partial charge in [-0.3, -0.25) is 14.7 Å². The maximum Gasteiger partial charge on any atom is 0.270 e. The molecule has 0 bridgehead atoms. The lowest BCUT2D eigenvalue weighted by molar-refractivity contribution is 0.0940. The number of carbonyl (C=O) groups is 1. The van der Waals surface area contributed by atoms with E-state index in [1.807, 2.05) is 12.1 Å². The summed E-state index contributed by atoms with van der Waals surface area (Å²) in [4.78, 5) is 28.6. The Bertz CT molecular complexity index is 1060. The molecule has 1 unspecified atom stereocenters. The smallest absolute Gasteiger partial charge is 0.270 e. The van der Waals surface area contributed by atoms with Gasteiger partial charge in [0.15, 0.2) is 5.82 Å². The normalized spacial score (nSPS) is 18.8. The van der Waals surface area contributed by atoms with Crippen LogP contribution in [-0.2, 0) is 13.0 Å². The minimum atomic E-state index is -0.133. The number of aromatic nitrogens is 3. The minimum Gasteiger partial charge on any atom is -0.366 e. The van der Waals surface area contributed by atoms with Crippen LogP contribution in [0.4, 0.5) is 5.82 Å². The van der Waals surface area contributed by atoms with Crippen molar-refractivity contribution in [1.29, 1.82) is 0 Å². The Kier molecular flexibility index (Phi) is 5.58. The molecule has 7 heteroatoms. The molecule has 4 heterocycles. The number of hydrogen-bond acceptors (Lipinski definition) is 6. The third-order valence-corrected chi connectivity index (χ3v) is 5.90. The molecule has 1 fully saturated rings. The average Bonchev–Trinajstić information content (AvgIpc) is 2.81. The summed E-state index contributed by atoms with van der Waals surface area (Å²) in [6.45, 7) is 3.60. The highest BCUT2D eigenvalue weighted by Gasteiger charge is 2.27. The fraction of sp³-hybridized carbons (Fsp3) is 0.333. The van der Waals surface area contributed by atoms with Gasteiger partial charge in [-0.1, -0.05) is 30.3 Å². The molecule has 5 rings (SSSR count). The molecule has 2 aliphatic rings. The second kappa shape index (κ2) is 8.81. The summed E-state index contributed by atoms with van der Waals surface area (Å²) < 4.78 is 0. The number of likely N-dealkylation sites (tertiary alicyclic amines) is 1. The zero-order valence-electron chi connectivity index (χ0n) is 17.4. The molecule has 0 saturated carbocycles. The topological polar surface area (TPSA) is 83.0 Å². The summed E-state index contributed by atoms with van der Waals surface area (Å²) in [7, 11) is 0. The highest BCUT2D eigenvalue weighted by atomic mass is 16.1. The van der Waals surface area contributed by atoms with Crippen LogP contribution in [0.15, 0.2) is 54.9 Å². The van der Waals surface area contributed by atoms with Crippen LogP contribution < -0.4 is 10.6 Å². The molecule has 158 valence electrons. The predicted octanol–water partition coefficient (Wildman–Crippen LogP) is 2.90. The highest BCUT2D eigenvalue weighted by molar-refractivity contribution is 5.96. The Hall–Kier alpha value is -3.32. The van der Waals surface area contributed by atoms with Crippen molar-refractivity contribution in [2.75, 3.05) is 25.0 Å². The van der Waals surface area contributed by atoms with Crippen LogP contribution in [0.2, 0.25) is 0 Å². The van der Waals surface area contributed by atoms with Crippen molar-refractivity contribution in [2.45, 2.75) is 31.8 Å². The molecule has 0 spiro atoms.